The number of benzene rings is 1. The molecule has 0 aromatic heterocycles. The van der Waals surface area contributed by atoms with Gasteiger partial charge in [0.2, 0.25) is 5.91 Å². The smallest absolute Gasteiger partial charge is 0.315 e. The summed E-state index contributed by atoms with van der Waals surface area (Å²) in [5, 5.41) is 2.81. The molecule has 1 aromatic carbocycles. The molecule has 1 rings (SSSR count). The van der Waals surface area contributed by atoms with E-state index < -0.39 is 6.04 Å². The van der Waals surface area contributed by atoms with E-state index in [4.69, 9.17) is 5.73 Å². The molecule has 1 aromatic rings. The number of hydrogen-bond acceptors (Lipinski definition) is 5. The van der Waals surface area contributed by atoms with E-state index in [1.807, 2.05) is 31.2 Å². The van der Waals surface area contributed by atoms with E-state index in [9.17, 15) is 9.59 Å². The van der Waals surface area contributed by atoms with E-state index in [0.717, 1.165) is 17.7 Å². The Balaban J connectivity index is 2.52. The van der Waals surface area contributed by atoms with Crippen molar-refractivity contribution in [1.82, 2.24) is 0 Å². The van der Waals surface area contributed by atoms with Gasteiger partial charge in [-0.1, -0.05) is 25.5 Å². The van der Waals surface area contributed by atoms with Crippen LogP contribution in [0.1, 0.15) is 25.3 Å². The van der Waals surface area contributed by atoms with Crippen LogP contribution in [0.25, 0.3) is 0 Å². The molecule has 0 radical (unpaired) electrons. The van der Waals surface area contributed by atoms with Crippen molar-refractivity contribution in [2.75, 3.05) is 18.2 Å². The van der Waals surface area contributed by atoms with Crippen molar-refractivity contribution in [3.8, 4) is 0 Å². The predicted molar refractivity (Wildman–Crippen MR) is 86.1 cm³/mol. The summed E-state index contributed by atoms with van der Waals surface area (Å²) in [5.74, 6) is 0.583. The van der Waals surface area contributed by atoms with E-state index in [1.54, 1.807) is 0 Å². The SMILES string of the molecule is CCCC(N)C(=O)Nc1cccc(CSCC(=O)OC)c1. The van der Waals surface area contributed by atoms with Crippen LogP contribution in [0.4, 0.5) is 5.69 Å². The third-order valence-electron chi connectivity index (χ3n) is 2.85. The zero-order valence-corrected chi connectivity index (χ0v) is 13.2. The lowest BCUT2D eigenvalue weighted by molar-refractivity contribution is -0.137. The summed E-state index contributed by atoms with van der Waals surface area (Å²) in [6, 6.07) is 7.06. The van der Waals surface area contributed by atoms with E-state index >= 15 is 0 Å². The summed E-state index contributed by atoms with van der Waals surface area (Å²) in [6.07, 6.45) is 1.54. The highest BCUT2D eigenvalue weighted by molar-refractivity contribution is 7.99. The highest BCUT2D eigenvalue weighted by Crippen LogP contribution is 2.17. The van der Waals surface area contributed by atoms with Gasteiger partial charge in [0.05, 0.1) is 18.9 Å². The van der Waals surface area contributed by atoms with Crippen molar-refractivity contribution < 1.29 is 14.3 Å². The largest absolute Gasteiger partial charge is 0.468 e. The summed E-state index contributed by atoms with van der Waals surface area (Å²) in [6.45, 7) is 1.99. The number of thioether (sulfide) groups is 1. The summed E-state index contributed by atoms with van der Waals surface area (Å²) in [4.78, 5) is 22.9. The van der Waals surface area contributed by atoms with Crippen molar-refractivity contribution >= 4 is 29.3 Å². The van der Waals surface area contributed by atoms with Gasteiger partial charge in [0, 0.05) is 11.4 Å². The fourth-order valence-corrected chi connectivity index (χ4v) is 2.53. The molecule has 0 saturated carbocycles. The Labute approximate surface area is 129 Å². The van der Waals surface area contributed by atoms with Crippen LogP contribution in [0.3, 0.4) is 0 Å². The van der Waals surface area contributed by atoms with Gasteiger partial charge in [-0.05, 0) is 24.1 Å². The lowest BCUT2D eigenvalue weighted by Crippen LogP contribution is -2.35. The molecule has 5 nitrogen and oxygen atoms in total. The average molecular weight is 310 g/mol. The van der Waals surface area contributed by atoms with E-state index in [0.29, 0.717) is 17.9 Å². The van der Waals surface area contributed by atoms with E-state index in [1.165, 1.54) is 18.9 Å². The number of nitrogens with two attached hydrogens (primary N) is 1. The van der Waals surface area contributed by atoms with Gasteiger partial charge in [-0.2, -0.15) is 0 Å². The highest BCUT2D eigenvalue weighted by Gasteiger charge is 2.12. The Bertz CT molecular complexity index is 480. The Morgan fingerprint density at radius 3 is 2.86 bits per heavy atom. The summed E-state index contributed by atoms with van der Waals surface area (Å²) >= 11 is 1.47. The number of rotatable bonds is 8. The molecule has 1 amide bonds. The van der Waals surface area contributed by atoms with Gasteiger partial charge in [0.1, 0.15) is 0 Å². The third kappa shape index (κ3) is 6.64. The lowest BCUT2D eigenvalue weighted by atomic mass is 10.1. The Morgan fingerprint density at radius 2 is 2.19 bits per heavy atom. The van der Waals surface area contributed by atoms with Crippen molar-refractivity contribution in [3.63, 3.8) is 0 Å². The van der Waals surface area contributed by atoms with Crippen LogP contribution in [0.2, 0.25) is 0 Å². The monoisotopic (exact) mass is 310 g/mol. The fraction of sp³-hybridized carbons (Fsp3) is 0.467. The van der Waals surface area contributed by atoms with Crippen LogP contribution in [-0.4, -0.2) is 30.8 Å². The molecule has 0 aliphatic carbocycles. The fourth-order valence-electron chi connectivity index (χ4n) is 1.73. The second-order valence-corrected chi connectivity index (χ2v) is 5.64. The van der Waals surface area contributed by atoms with Crippen LogP contribution in [0, 0.1) is 0 Å². The first kappa shape index (κ1) is 17.5. The van der Waals surface area contributed by atoms with Gasteiger partial charge in [0.25, 0.3) is 0 Å². The molecular formula is C15H22N2O3S. The number of nitrogens with one attached hydrogen (secondary N) is 1. The van der Waals surface area contributed by atoms with Crippen LogP contribution < -0.4 is 11.1 Å². The first-order valence-corrected chi connectivity index (χ1v) is 8.02. The number of anilines is 1. The quantitative estimate of drug-likeness (QED) is 0.719. The zero-order valence-electron chi connectivity index (χ0n) is 12.4. The van der Waals surface area contributed by atoms with Gasteiger partial charge in [-0.15, -0.1) is 11.8 Å². The number of esters is 1. The van der Waals surface area contributed by atoms with Crippen molar-refractivity contribution in [2.45, 2.75) is 31.6 Å². The van der Waals surface area contributed by atoms with Gasteiger partial charge in [-0.3, -0.25) is 9.59 Å². The summed E-state index contributed by atoms with van der Waals surface area (Å²) < 4.78 is 4.58. The van der Waals surface area contributed by atoms with Gasteiger partial charge in [0.15, 0.2) is 0 Å². The molecule has 0 aliphatic rings. The third-order valence-corrected chi connectivity index (χ3v) is 3.82. The van der Waals surface area contributed by atoms with Crippen molar-refractivity contribution in [1.29, 1.82) is 0 Å². The van der Waals surface area contributed by atoms with Gasteiger partial charge < -0.3 is 15.8 Å². The number of carbonyl (C=O) groups is 2. The molecule has 116 valence electrons. The number of carbonyl (C=O) groups excluding carboxylic acids is 2. The molecule has 0 saturated heterocycles. The highest BCUT2D eigenvalue weighted by atomic mass is 32.2. The van der Waals surface area contributed by atoms with Gasteiger partial charge >= 0.3 is 5.97 Å². The van der Waals surface area contributed by atoms with Crippen LogP contribution in [0.5, 0.6) is 0 Å². The molecule has 0 heterocycles. The summed E-state index contributed by atoms with van der Waals surface area (Å²) in [7, 11) is 1.37. The van der Waals surface area contributed by atoms with E-state index in [-0.39, 0.29) is 11.9 Å². The number of hydrogen-bond donors (Lipinski definition) is 2. The maximum Gasteiger partial charge on any atom is 0.315 e. The maximum atomic E-state index is 11.9. The van der Waals surface area contributed by atoms with Gasteiger partial charge in [-0.25, -0.2) is 0 Å². The molecule has 0 bridgehead atoms. The Kier molecular flexibility index (Phi) is 7.85. The van der Waals surface area contributed by atoms with Crippen LogP contribution in [-0.2, 0) is 20.1 Å². The normalized spacial score (nSPS) is 11.8. The minimum absolute atomic E-state index is 0.170. The lowest BCUT2D eigenvalue weighted by Gasteiger charge is -2.12. The average Bonchev–Trinajstić information content (AvgIpc) is 2.47. The number of methoxy groups -OCH3 is 1. The Morgan fingerprint density at radius 1 is 1.43 bits per heavy atom. The molecule has 0 aliphatic heterocycles. The minimum atomic E-state index is -0.479. The molecular weight excluding hydrogens is 288 g/mol. The maximum absolute atomic E-state index is 11.9. The van der Waals surface area contributed by atoms with E-state index in [2.05, 4.69) is 10.1 Å². The first-order valence-electron chi connectivity index (χ1n) is 6.86. The molecule has 0 spiro atoms. The Hall–Kier alpha value is -1.53. The molecule has 0 fully saturated rings. The standard InChI is InChI=1S/C15H22N2O3S/c1-3-5-13(16)15(19)17-12-7-4-6-11(8-12)9-21-10-14(18)20-2/h4,6-8,13H,3,5,9-10,16H2,1-2H3,(H,17,19). The second-order valence-electron chi connectivity index (χ2n) is 4.65. The molecule has 6 heteroatoms. The summed E-state index contributed by atoms with van der Waals surface area (Å²) in [5.41, 5.74) is 7.53. The van der Waals surface area contributed by atoms with Crippen molar-refractivity contribution in [2.24, 2.45) is 5.73 Å². The minimum Gasteiger partial charge on any atom is -0.468 e. The predicted octanol–water partition coefficient (Wildman–Crippen LogP) is 2.16. The first-order chi connectivity index (χ1) is 10.1. The number of ether oxygens (including phenoxy) is 1. The van der Waals surface area contributed by atoms with Crippen molar-refractivity contribution in [3.05, 3.63) is 29.8 Å². The number of amides is 1. The van der Waals surface area contributed by atoms with Crippen LogP contribution in [0.15, 0.2) is 24.3 Å². The molecule has 1 atom stereocenters. The topological polar surface area (TPSA) is 81.4 Å². The van der Waals surface area contributed by atoms with Crippen LogP contribution >= 0.6 is 11.8 Å². The molecule has 1 unspecified atom stereocenters. The zero-order chi connectivity index (χ0) is 15.7. The molecule has 3 N–H and O–H groups in total. The molecule has 21 heavy (non-hydrogen) atoms. The second kappa shape index (κ2) is 9.41.